The maximum absolute atomic E-state index is 12.6. The quantitative estimate of drug-likeness (QED) is 0.502. The molecule has 152 valence electrons. The minimum absolute atomic E-state index is 0.0178. The molecule has 5 N–H and O–H groups in total. The van der Waals surface area contributed by atoms with E-state index in [1.54, 1.807) is 10.8 Å². The molecule has 0 radical (unpaired) electrons. The van der Waals surface area contributed by atoms with Crippen LogP contribution in [0.5, 0.6) is 0 Å². The number of nitrogens with zero attached hydrogens (tertiary/aromatic N) is 5. The second-order valence-electron chi connectivity index (χ2n) is 6.81. The minimum atomic E-state index is -0.0178. The number of pyridine rings is 1. The highest BCUT2D eigenvalue weighted by Crippen LogP contribution is 2.32. The van der Waals surface area contributed by atoms with Gasteiger partial charge in [-0.2, -0.15) is 5.10 Å². The molecular formula is C20H26N8O. The molecule has 3 heterocycles. The summed E-state index contributed by atoms with van der Waals surface area (Å²) in [6.07, 6.45) is 3.80. The van der Waals surface area contributed by atoms with Gasteiger partial charge in [-0.3, -0.25) is 4.79 Å². The van der Waals surface area contributed by atoms with Crippen LogP contribution >= 0.6 is 0 Å². The largest absolute Gasteiger partial charge is 0.392 e. The monoisotopic (exact) mass is 394 g/mol. The highest BCUT2D eigenvalue weighted by atomic mass is 16.1. The predicted octanol–water partition coefficient (Wildman–Crippen LogP) is 1.90. The van der Waals surface area contributed by atoms with E-state index in [1.807, 2.05) is 26.0 Å². The van der Waals surface area contributed by atoms with Gasteiger partial charge in [0.2, 0.25) is 0 Å². The van der Waals surface area contributed by atoms with Gasteiger partial charge >= 0.3 is 0 Å². The summed E-state index contributed by atoms with van der Waals surface area (Å²) in [6, 6.07) is 3.68. The van der Waals surface area contributed by atoms with E-state index in [9.17, 15) is 4.79 Å². The van der Waals surface area contributed by atoms with Crippen LogP contribution in [-0.2, 0) is 19.4 Å². The van der Waals surface area contributed by atoms with Crippen molar-refractivity contribution in [2.75, 3.05) is 24.1 Å². The highest BCUT2D eigenvalue weighted by molar-refractivity contribution is 5.80. The van der Waals surface area contributed by atoms with Gasteiger partial charge < -0.3 is 21.4 Å². The SMILES string of the molecule is [C-]#[N+]c1c(NCCc2cccn(CCCN)c2=O)nc2c(CC)c(C)nn2c1N. The Balaban J connectivity index is 1.84. The van der Waals surface area contributed by atoms with Crippen molar-refractivity contribution in [2.45, 2.75) is 39.7 Å². The second kappa shape index (κ2) is 8.75. The lowest BCUT2D eigenvalue weighted by molar-refractivity contribution is 0.624. The van der Waals surface area contributed by atoms with Crippen LogP contribution in [0.4, 0.5) is 17.3 Å². The van der Waals surface area contributed by atoms with Gasteiger partial charge in [-0.1, -0.05) is 13.0 Å². The molecule has 0 aliphatic carbocycles. The van der Waals surface area contributed by atoms with E-state index >= 15 is 0 Å². The number of hydrogen-bond acceptors (Lipinski definition) is 6. The molecule has 0 saturated heterocycles. The fraction of sp³-hybridized carbons (Fsp3) is 0.400. The van der Waals surface area contributed by atoms with E-state index in [4.69, 9.17) is 18.0 Å². The third-order valence-corrected chi connectivity index (χ3v) is 4.92. The van der Waals surface area contributed by atoms with Crippen molar-refractivity contribution in [3.8, 4) is 0 Å². The van der Waals surface area contributed by atoms with Crippen LogP contribution in [0.25, 0.3) is 10.5 Å². The summed E-state index contributed by atoms with van der Waals surface area (Å²) < 4.78 is 3.21. The lowest BCUT2D eigenvalue weighted by Gasteiger charge is -2.12. The molecule has 3 aromatic rings. The zero-order valence-electron chi connectivity index (χ0n) is 16.8. The normalized spacial score (nSPS) is 11.0. The predicted molar refractivity (Wildman–Crippen MR) is 114 cm³/mol. The van der Waals surface area contributed by atoms with Gasteiger partial charge in [0, 0.05) is 30.4 Å². The molecule has 0 fully saturated rings. The Morgan fingerprint density at radius 3 is 2.86 bits per heavy atom. The number of hydrogen-bond donors (Lipinski definition) is 3. The fourth-order valence-electron chi connectivity index (χ4n) is 3.39. The number of anilines is 2. The number of nitrogens with two attached hydrogens (primary N) is 2. The summed E-state index contributed by atoms with van der Waals surface area (Å²) in [5.74, 6) is 0.679. The van der Waals surface area contributed by atoms with E-state index in [1.165, 1.54) is 4.52 Å². The zero-order chi connectivity index (χ0) is 21.0. The van der Waals surface area contributed by atoms with Crippen LogP contribution < -0.4 is 22.3 Å². The van der Waals surface area contributed by atoms with Gasteiger partial charge in [-0.25, -0.2) is 14.3 Å². The Labute approximate surface area is 169 Å². The number of nitrogen functional groups attached to an aromatic ring is 1. The topological polar surface area (TPSA) is 121 Å². The molecule has 0 aliphatic rings. The summed E-state index contributed by atoms with van der Waals surface area (Å²) in [6.45, 7) is 13.0. The molecule has 0 aromatic carbocycles. The summed E-state index contributed by atoms with van der Waals surface area (Å²) in [5.41, 5.74) is 15.1. The molecular weight excluding hydrogens is 368 g/mol. The van der Waals surface area contributed by atoms with E-state index in [0.29, 0.717) is 43.1 Å². The Bertz CT molecular complexity index is 1120. The molecule has 0 atom stereocenters. The summed E-state index contributed by atoms with van der Waals surface area (Å²) >= 11 is 0. The van der Waals surface area contributed by atoms with Crippen LogP contribution in [0, 0.1) is 13.5 Å². The van der Waals surface area contributed by atoms with Crippen molar-refractivity contribution in [1.82, 2.24) is 19.2 Å². The Hall–Kier alpha value is -3.38. The first kappa shape index (κ1) is 20.4. The third-order valence-electron chi connectivity index (χ3n) is 4.92. The van der Waals surface area contributed by atoms with E-state index in [0.717, 1.165) is 24.1 Å². The van der Waals surface area contributed by atoms with Crippen molar-refractivity contribution < 1.29 is 0 Å². The third kappa shape index (κ3) is 3.93. The van der Waals surface area contributed by atoms with Crippen LogP contribution in [0.1, 0.15) is 30.2 Å². The Kier molecular flexibility index (Phi) is 6.14. The smallest absolute Gasteiger partial charge is 0.268 e. The molecule has 0 bridgehead atoms. The van der Waals surface area contributed by atoms with Crippen molar-refractivity contribution >= 4 is 23.0 Å². The average Bonchev–Trinajstić information content (AvgIpc) is 3.04. The van der Waals surface area contributed by atoms with Crippen molar-refractivity contribution in [3.63, 3.8) is 0 Å². The minimum Gasteiger partial charge on any atom is -0.392 e. The van der Waals surface area contributed by atoms with Crippen LogP contribution in [0.3, 0.4) is 0 Å². The molecule has 0 spiro atoms. The lowest BCUT2D eigenvalue weighted by atomic mass is 10.2. The fourth-order valence-corrected chi connectivity index (χ4v) is 3.39. The van der Waals surface area contributed by atoms with Crippen LogP contribution in [0.2, 0.25) is 0 Å². The van der Waals surface area contributed by atoms with E-state index in [2.05, 4.69) is 20.2 Å². The van der Waals surface area contributed by atoms with Crippen molar-refractivity contribution in [2.24, 2.45) is 5.73 Å². The van der Waals surface area contributed by atoms with Gasteiger partial charge in [0.25, 0.3) is 11.2 Å². The first-order valence-corrected chi connectivity index (χ1v) is 9.69. The number of aryl methyl sites for hydroxylation is 3. The lowest BCUT2D eigenvalue weighted by Crippen LogP contribution is -2.25. The number of nitrogens with one attached hydrogen (secondary N) is 1. The highest BCUT2D eigenvalue weighted by Gasteiger charge is 2.18. The van der Waals surface area contributed by atoms with Crippen molar-refractivity contribution in [3.05, 3.63) is 56.9 Å². The molecule has 3 aromatic heterocycles. The number of fused-ring (bicyclic) bond motifs is 1. The first-order valence-electron chi connectivity index (χ1n) is 9.69. The standard InChI is InChI=1S/C20H26N8O/c1-4-15-13(2)26-28-17(22)16(23-3)18(25-19(15)28)24-10-8-14-7-5-11-27(20(14)29)12-6-9-21/h5,7,11H,4,6,8-10,12,21-22H2,1-2H3,(H,24,25). The summed E-state index contributed by atoms with van der Waals surface area (Å²) in [7, 11) is 0. The molecule has 9 nitrogen and oxygen atoms in total. The first-order chi connectivity index (χ1) is 14.0. The molecule has 0 amide bonds. The molecule has 0 aliphatic heterocycles. The molecule has 0 saturated carbocycles. The zero-order valence-corrected chi connectivity index (χ0v) is 16.8. The maximum Gasteiger partial charge on any atom is 0.268 e. The Morgan fingerprint density at radius 2 is 2.17 bits per heavy atom. The molecule has 3 rings (SSSR count). The van der Waals surface area contributed by atoms with Gasteiger partial charge in [-0.05, 0) is 38.8 Å². The number of aromatic nitrogens is 4. The van der Waals surface area contributed by atoms with Gasteiger partial charge in [0.15, 0.2) is 5.65 Å². The molecule has 0 unspecified atom stereocenters. The average molecular weight is 394 g/mol. The van der Waals surface area contributed by atoms with Crippen LogP contribution in [0.15, 0.2) is 23.1 Å². The number of rotatable bonds is 8. The maximum atomic E-state index is 12.6. The van der Waals surface area contributed by atoms with Gasteiger partial charge in [-0.15, -0.1) is 0 Å². The second-order valence-corrected chi connectivity index (χ2v) is 6.81. The van der Waals surface area contributed by atoms with E-state index < -0.39 is 0 Å². The summed E-state index contributed by atoms with van der Waals surface area (Å²) in [4.78, 5) is 20.7. The van der Waals surface area contributed by atoms with Crippen LogP contribution in [-0.4, -0.2) is 32.3 Å². The van der Waals surface area contributed by atoms with Gasteiger partial charge in [0.1, 0.15) is 11.6 Å². The summed E-state index contributed by atoms with van der Waals surface area (Å²) in [5, 5.41) is 7.59. The van der Waals surface area contributed by atoms with E-state index in [-0.39, 0.29) is 17.1 Å². The van der Waals surface area contributed by atoms with Crippen molar-refractivity contribution in [1.29, 1.82) is 0 Å². The molecule has 29 heavy (non-hydrogen) atoms. The van der Waals surface area contributed by atoms with Gasteiger partial charge in [0.05, 0.1) is 12.3 Å². The Morgan fingerprint density at radius 1 is 1.38 bits per heavy atom. The molecule has 9 heteroatoms.